The van der Waals surface area contributed by atoms with Gasteiger partial charge in [0.05, 0.1) is 11.0 Å². The standard InChI is InChI=1S/C14H20N2O3/c1-10-6-7-12(8-13(10)16(17)18)19-14-5-3-2-4-11(14)9-15/h6-8,11,14H,2-5,9,15H2,1H3. The van der Waals surface area contributed by atoms with E-state index in [1.54, 1.807) is 19.1 Å². The van der Waals surface area contributed by atoms with E-state index in [4.69, 9.17) is 10.5 Å². The van der Waals surface area contributed by atoms with Gasteiger partial charge in [-0.2, -0.15) is 0 Å². The number of hydrogen-bond donors (Lipinski definition) is 1. The highest BCUT2D eigenvalue weighted by Gasteiger charge is 2.26. The smallest absolute Gasteiger partial charge is 0.276 e. The summed E-state index contributed by atoms with van der Waals surface area (Å²) in [6.45, 7) is 2.34. The molecule has 2 N–H and O–H groups in total. The van der Waals surface area contributed by atoms with Gasteiger partial charge in [-0.1, -0.05) is 6.42 Å². The van der Waals surface area contributed by atoms with Gasteiger partial charge in [-0.05, 0) is 44.9 Å². The van der Waals surface area contributed by atoms with Crippen LogP contribution in [0.15, 0.2) is 18.2 Å². The van der Waals surface area contributed by atoms with Crippen LogP contribution >= 0.6 is 0 Å². The summed E-state index contributed by atoms with van der Waals surface area (Å²) in [6.07, 6.45) is 4.46. The molecule has 5 heteroatoms. The predicted octanol–water partition coefficient (Wildman–Crippen LogP) is 2.80. The zero-order valence-corrected chi connectivity index (χ0v) is 11.2. The number of rotatable bonds is 4. The molecule has 1 aliphatic carbocycles. The van der Waals surface area contributed by atoms with E-state index in [-0.39, 0.29) is 16.7 Å². The van der Waals surface area contributed by atoms with Crippen molar-refractivity contribution in [1.82, 2.24) is 0 Å². The Morgan fingerprint density at radius 1 is 1.42 bits per heavy atom. The van der Waals surface area contributed by atoms with Crippen molar-refractivity contribution < 1.29 is 9.66 Å². The Balaban J connectivity index is 2.14. The Morgan fingerprint density at radius 2 is 2.16 bits per heavy atom. The molecule has 0 aromatic heterocycles. The number of hydrogen-bond acceptors (Lipinski definition) is 4. The summed E-state index contributed by atoms with van der Waals surface area (Å²) in [7, 11) is 0. The van der Waals surface area contributed by atoms with Crippen LogP contribution in [-0.4, -0.2) is 17.6 Å². The Hall–Kier alpha value is -1.62. The van der Waals surface area contributed by atoms with Crippen molar-refractivity contribution in [3.63, 3.8) is 0 Å². The van der Waals surface area contributed by atoms with Crippen LogP contribution in [0.4, 0.5) is 5.69 Å². The summed E-state index contributed by atoms with van der Waals surface area (Å²) in [5.41, 5.74) is 6.52. The minimum Gasteiger partial charge on any atom is -0.490 e. The highest BCUT2D eigenvalue weighted by molar-refractivity contribution is 5.45. The van der Waals surface area contributed by atoms with E-state index in [0.29, 0.717) is 23.8 Å². The molecular weight excluding hydrogens is 244 g/mol. The molecule has 0 spiro atoms. The van der Waals surface area contributed by atoms with E-state index in [1.165, 1.54) is 12.5 Å². The molecule has 2 unspecified atom stereocenters. The minimum absolute atomic E-state index is 0.0843. The van der Waals surface area contributed by atoms with Gasteiger partial charge < -0.3 is 10.5 Å². The molecule has 0 radical (unpaired) electrons. The van der Waals surface area contributed by atoms with E-state index in [9.17, 15) is 10.1 Å². The van der Waals surface area contributed by atoms with Crippen LogP contribution in [0.5, 0.6) is 5.75 Å². The molecule has 1 fully saturated rings. The van der Waals surface area contributed by atoms with Crippen molar-refractivity contribution in [3.05, 3.63) is 33.9 Å². The lowest BCUT2D eigenvalue weighted by atomic mass is 9.86. The summed E-state index contributed by atoms with van der Waals surface area (Å²) in [5.74, 6) is 0.928. The summed E-state index contributed by atoms with van der Waals surface area (Å²) in [5, 5.41) is 10.9. The predicted molar refractivity (Wildman–Crippen MR) is 73.3 cm³/mol. The molecule has 2 atom stereocenters. The molecule has 0 amide bonds. The maximum Gasteiger partial charge on any atom is 0.276 e. The Bertz CT molecular complexity index is 462. The fourth-order valence-corrected chi connectivity index (χ4v) is 2.63. The van der Waals surface area contributed by atoms with Crippen molar-refractivity contribution in [2.24, 2.45) is 11.7 Å². The molecule has 104 valence electrons. The lowest BCUT2D eigenvalue weighted by molar-refractivity contribution is -0.385. The first kappa shape index (κ1) is 13.8. The van der Waals surface area contributed by atoms with Crippen LogP contribution < -0.4 is 10.5 Å². The second kappa shape index (κ2) is 6.02. The van der Waals surface area contributed by atoms with Gasteiger partial charge in [0.2, 0.25) is 0 Å². The molecular formula is C14H20N2O3. The van der Waals surface area contributed by atoms with Crippen LogP contribution in [0.2, 0.25) is 0 Å². The van der Waals surface area contributed by atoms with Crippen LogP contribution in [0.1, 0.15) is 31.2 Å². The molecule has 1 aromatic carbocycles. The number of nitro groups is 1. The monoisotopic (exact) mass is 264 g/mol. The Labute approximate surface area is 112 Å². The maximum absolute atomic E-state index is 10.9. The summed E-state index contributed by atoms with van der Waals surface area (Å²) in [6, 6.07) is 5.04. The molecule has 2 rings (SSSR count). The summed E-state index contributed by atoms with van der Waals surface area (Å²) in [4.78, 5) is 10.5. The number of ether oxygens (including phenoxy) is 1. The highest BCUT2D eigenvalue weighted by Crippen LogP contribution is 2.30. The van der Waals surface area contributed by atoms with E-state index in [1.807, 2.05) is 0 Å². The topological polar surface area (TPSA) is 78.4 Å². The molecule has 5 nitrogen and oxygen atoms in total. The Kier molecular flexibility index (Phi) is 4.37. The SMILES string of the molecule is Cc1ccc(OC2CCCCC2CN)cc1[N+](=O)[O-]. The van der Waals surface area contributed by atoms with E-state index >= 15 is 0 Å². The first-order chi connectivity index (χ1) is 9.11. The first-order valence-electron chi connectivity index (χ1n) is 6.73. The van der Waals surface area contributed by atoms with Crippen LogP contribution in [-0.2, 0) is 0 Å². The molecule has 0 bridgehead atoms. The molecule has 0 heterocycles. The van der Waals surface area contributed by atoms with Gasteiger partial charge >= 0.3 is 0 Å². The maximum atomic E-state index is 10.9. The van der Waals surface area contributed by atoms with Gasteiger partial charge in [0, 0.05) is 11.5 Å². The molecule has 19 heavy (non-hydrogen) atoms. The zero-order valence-electron chi connectivity index (χ0n) is 11.2. The molecule has 0 saturated heterocycles. The van der Waals surface area contributed by atoms with E-state index in [2.05, 4.69) is 0 Å². The third kappa shape index (κ3) is 3.23. The van der Waals surface area contributed by atoms with Crippen molar-refractivity contribution in [3.8, 4) is 5.75 Å². The quantitative estimate of drug-likeness (QED) is 0.670. The van der Waals surface area contributed by atoms with Gasteiger partial charge in [0.1, 0.15) is 11.9 Å². The average Bonchev–Trinajstić information content (AvgIpc) is 2.41. The fraction of sp³-hybridized carbons (Fsp3) is 0.571. The third-order valence-corrected chi connectivity index (χ3v) is 3.81. The minimum atomic E-state index is -0.372. The first-order valence-corrected chi connectivity index (χ1v) is 6.73. The van der Waals surface area contributed by atoms with Gasteiger partial charge in [-0.3, -0.25) is 10.1 Å². The van der Waals surface area contributed by atoms with Crippen molar-refractivity contribution in [2.45, 2.75) is 38.7 Å². The fourth-order valence-electron chi connectivity index (χ4n) is 2.63. The van der Waals surface area contributed by atoms with Gasteiger partial charge in [0.15, 0.2) is 0 Å². The summed E-state index contributed by atoms with van der Waals surface area (Å²) < 4.78 is 5.92. The second-order valence-corrected chi connectivity index (χ2v) is 5.14. The Morgan fingerprint density at radius 3 is 2.84 bits per heavy atom. The lowest BCUT2D eigenvalue weighted by Gasteiger charge is -2.31. The molecule has 0 aliphatic heterocycles. The van der Waals surface area contributed by atoms with Gasteiger partial charge in [-0.25, -0.2) is 0 Å². The summed E-state index contributed by atoms with van der Waals surface area (Å²) >= 11 is 0. The number of benzene rings is 1. The average molecular weight is 264 g/mol. The highest BCUT2D eigenvalue weighted by atomic mass is 16.6. The largest absolute Gasteiger partial charge is 0.490 e. The molecule has 1 saturated carbocycles. The van der Waals surface area contributed by atoms with Gasteiger partial charge in [-0.15, -0.1) is 0 Å². The number of nitrogens with zero attached hydrogens (tertiary/aromatic N) is 1. The van der Waals surface area contributed by atoms with E-state index in [0.717, 1.165) is 19.3 Å². The molecule has 1 aliphatic rings. The normalized spacial score (nSPS) is 23.1. The van der Waals surface area contributed by atoms with Crippen LogP contribution in [0.3, 0.4) is 0 Å². The number of nitro benzene ring substituents is 1. The second-order valence-electron chi connectivity index (χ2n) is 5.14. The number of aryl methyl sites for hydroxylation is 1. The van der Waals surface area contributed by atoms with Crippen LogP contribution in [0, 0.1) is 23.0 Å². The zero-order chi connectivity index (χ0) is 13.8. The lowest BCUT2D eigenvalue weighted by Crippen LogP contribution is -2.35. The third-order valence-electron chi connectivity index (χ3n) is 3.81. The molecule has 1 aromatic rings. The van der Waals surface area contributed by atoms with Crippen LogP contribution in [0.25, 0.3) is 0 Å². The van der Waals surface area contributed by atoms with Crippen molar-refractivity contribution in [2.75, 3.05) is 6.54 Å². The van der Waals surface area contributed by atoms with E-state index < -0.39 is 0 Å². The van der Waals surface area contributed by atoms with Crippen molar-refractivity contribution in [1.29, 1.82) is 0 Å². The van der Waals surface area contributed by atoms with Gasteiger partial charge in [0.25, 0.3) is 5.69 Å². The number of nitrogens with two attached hydrogens (primary N) is 1. The van der Waals surface area contributed by atoms with Crippen molar-refractivity contribution >= 4 is 5.69 Å².